The van der Waals surface area contributed by atoms with Crippen molar-refractivity contribution >= 4 is 11.7 Å². The molecule has 1 saturated heterocycles. The lowest BCUT2D eigenvalue weighted by Gasteiger charge is -2.32. The van der Waals surface area contributed by atoms with E-state index >= 15 is 0 Å². The maximum atomic E-state index is 12.4. The van der Waals surface area contributed by atoms with Crippen molar-refractivity contribution < 1.29 is 4.79 Å². The number of likely N-dealkylation sites (tertiary alicyclic amines) is 1. The van der Waals surface area contributed by atoms with Gasteiger partial charge in [-0.25, -0.2) is 14.5 Å². The predicted octanol–water partition coefficient (Wildman–Crippen LogP) is 2.43. The fourth-order valence-electron chi connectivity index (χ4n) is 3.07. The van der Waals surface area contributed by atoms with Crippen LogP contribution >= 0.6 is 0 Å². The smallest absolute Gasteiger partial charge is 0.319 e. The summed E-state index contributed by atoms with van der Waals surface area (Å²) in [5.41, 5.74) is 2.66. The molecule has 3 rings (SSSR count). The van der Waals surface area contributed by atoms with Crippen molar-refractivity contribution in [2.24, 2.45) is 0 Å². The SMILES string of the molecule is C=C(C)CN1CCC(NC(=O)Nc2ccccc2-n2cncn2)CC1. The molecule has 1 aromatic heterocycles. The van der Waals surface area contributed by atoms with Gasteiger partial charge in [0.1, 0.15) is 12.7 Å². The molecular weight excluding hydrogens is 316 g/mol. The van der Waals surface area contributed by atoms with Crippen molar-refractivity contribution in [3.8, 4) is 5.69 Å². The number of piperidine rings is 1. The summed E-state index contributed by atoms with van der Waals surface area (Å²) in [6, 6.07) is 7.53. The highest BCUT2D eigenvalue weighted by atomic mass is 16.2. The van der Waals surface area contributed by atoms with Crippen LogP contribution in [0.3, 0.4) is 0 Å². The summed E-state index contributed by atoms with van der Waals surface area (Å²) in [7, 11) is 0. The van der Waals surface area contributed by atoms with Crippen molar-refractivity contribution in [2.45, 2.75) is 25.8 Å². The molecule has 132 valence electrons. The predicted molar refractivity (Wildman–Crippen MR) is 97.8 cm³/mol. The Morgan fingerprint density at radius 3 is 2.76 bits per heavy atom. The van der Waals surface area contributed by atoms with E-state index in [2.05, 4.69) is 32.2 Å². The first-order valence-electron chi connectivity index (χ1n) is 8.50. The number of urea groups is 1. The largest absolute Gasteiger partial charge is 0.335 e. The van der Waals surface area contributed by atoms with E-state index < -0.39 is 0 Å². The number of hydrogen-bond donors (Lipinski definition) is 2. The molecule has 0 saturated carbocycles. The van der Waals surface area contributed by atoms with Crippen LogP contribution in [0.2, 0.25) is 0 Å². The average molecular weight is 340 g/mol. The molecule has 25 heavy (non-hydrogen) atoms. The van der Waals surface area contributed by atoms with Crippen LogP contribution in [-0.4, -0.2) is 51.4 Å². The van der Waals surface area contributed by atoms with Gasteiger partial charge in [0, 0.05) is 25.7 Å². The number of carbonyl (C=O) groups is 1. The van der Waals surface area contributed by atoms with Gasteiger partial charge >= 0.3 is 6.03 Å². The Balaban J connectivity index is 1.55. The summed E-state index contributed by atoms with van der Waals surface area (Å²) in [6.45, 7) is 8.90. The highest BCUT2D eigenvalue weighted by Gasteiger charge is 2.20. The molecule has 1 aliphatic rings. The van der Waals surface area contributed by atoms with Crippen LogP contribution in [0.1, 0.15) is 19.8 Å². The zero-order valence-corrected chi connectivity index (χ0v) is 14.5. The van der Waals surface area contributed by atoms with Gasteiger partial charge in [-0.05, 0) is 31.9 Å². The Morgan fingerprint density at radius 2 is 2.08 bits per heavy atom. The van der Waals surface area contributed by atoms with Gasteiger partial charge in [-0.1, -0.05) is 24.3 Å². The van der Waals surface area contributed by atoms with E-state index in [0.717, 1.165) is 38.2 Å². The molecule has 0 aliphatic carbocycles. The van der Waals surface area contributed by atoms with Gasteiger partial charge in [0.15, 0.2) is 0 Å². The third-order valence-corrected chi connectivity index (χ3v) is 4.23. The summed E-state index contributed by atoms with van der Waals surface area (Å²) in [6.07, 6.45) is 4.97. The summed E-state index contributed by atoms with van der Waals surface area (Å²) in [4.78, 5) is 18.7. The molecule has 2 N–H and O–H groups in total. The number of carbonyl (C=O) groups excluding carboxylic acids is 1. The Kier molecular flexibility index (Phi) is 5.45. The van der Waals surface area contributed by atoms with E-state index in [1.165, 1.54) is 11.9 Å². The molecule has 1 fully saturated rings. The zero-order valence-electron chi connectivity index (χ0n) is 14.5. The molecular formula is C18H24N6O. The summed E-state index contributed by atoms with van der Waals surface area (Å²) < 4.78 is 1.63. The van der Waals surface area contributed by atoms with E-state index in [1.807, 2.05) is 31.2 Å². The third kappa shape index (κ3) is 4.67. The zero-order chi connectivity index (χ0) is 17.6. The molecule has 1 aliphatic heterocycles. The fourth-order valence-corrected chi connectivity index (χ4v) is 3.07. The molecule has 2 amide bonds. The number of aromatic nitrogens is 3. The average Bonchev–Trinajstić information content (AvgIpc) is 3.11. The van der Waals surface area contributed by atoms with Crippen LogP contribution in [-0.2, 0) is 0 Å². The normalized spacial score (nSPS) is 15.7. The minimum atomic E-state index is -0.189. The molecule has 0 bridgehead atoms. The molecule has 2 heterocycles. The summed E-state index contributed by atoms with van der Waals surface area (Å²) in [5.74, 6) is 0. The molecule has 7 nitrogen and oxygen atoms in total. The first-order valence-corrected chi connectivity index (χ1v) is 8.50. The monoisotopic (exact) mass is 340 g/mol. The Bertz CT molecular complexity index is 719. The topological polar surface area (TPSA) is 75.1 Å². The van der Waals surface area contributed by atoms with Gasteiger partial charge in [0.25, 0.3) is 0 Å². The van der Waals surface area contributed by atoms with E-state index in [4.69, 9.17) is 0 Å². The van der Waals surface area contributed by atoms with Crippen molar-refractivity contribution in [3.05, 3.63) is 49.1 Å². The first kappa shape index (κ1) is 17.2. The van der Waals surface area contributed by atoms with Crippen molar-refractivity contribution in [1.82, 2.24) is 25.0 Å². The molecule has 2 aromatic rings. The molecule has 0 unspecified atom stereocenters. The Morgan fingerprint density at radius 1 is 1.32 bits per heavy atom. The van der Waals surface area contributed by atoms with Gasteiger partial charge in [0.05, 0.1) is 11.4 Å². The molecule has 1 aromatic carbocycles. The lowest BCUT2D eigenvalue weighted by atomic mass is 10.0. The van der Waals surface area contributed by atoms with Crippen LogP contribution in [0.25, 0.3) is 5.69 Å². The van der Waals surface area contributed by atoms with Crippen LogP contribution in [0.15, 0.2) is 49.1 Å². The number of nitrogens with zero attached hydrogens (tertiary/aromatic N) is 4. The first-order chi connectivity index (χ1) is 12.1. The lowest BCUT2D eigenvalue weighted by molar-refractivity contribution is 0.207. The molecule has 0 spiro atoms. The second-order valence-corrected chi connectivity index (χ2v) is 6.46. The number of benzene rings is 1. The molecule has 0 atom stereocenters. The quantitative estimate of drug-likeness (QED) is 0.820. The van der Waals surface area contributed by atoms with Crippen LogP contribution in [0.5, 0.6) is 0 Å². The van der Waals surface area contributed by atoms with Gasteiger partial charge in [-0.15, -0.1) is 0 Å². The van der Waals surface area contributed by atoms with Gasteiger partial charge in [-0.3, -0.25) is 4.90 Å². The van der Waals surface area contributed by atoms with Gasteiger partial charge in [-0.2, -0.15) is 5.10 Å². The second-order valence-electron chi connectivity index (χ2n) is 6.46. The molecule has 0 radical (unpaired) electrons. The van der Waals surface area contributed by atoms with E-state index in [-0.39, 0.29) is 12.1 Å². The number of para-hydroxylation sites is 2. The number of nitrogens with one attached hydrogen (secondary N) is 2. The lowest BCUT2D eigenvalue weighted by Crippen LogP contribution is -2.46. The maximum absolute atomic E-state index is 12.4. The van der Waals surface area contributed by atoms with Gasteiger partial charge in [0.2, 0.25) is 0 Å². The summed E-state index contributed by atoms with van der Waals surface area (Å²) >= 11 is 0. The second kappa shape index (κ2) is 7.94. The third-order valence-electron chi connectivity index (χ3n) is 4.23. The number of rotatable bonds is 5. The highest BCUT2D eigenvalue weighted by Crippen LogP contribution is 2.19. The number of amides is 2. The number of hydrogen-bond acceptors (Lipinski definition) is 4. The molecule has 7 heteroatoms. The fraction of sp³-hybridized carbons (Fsp3) is 0.389. The van der Waals surface area contributed by atoms with Crippen LogP contribution < -0.4 is 10.6 Å². The summed E-state index contributed by atoms with van der Waals surface area (Å²) in [5, 5.41) is 10.1. The van der Waals surface area contributed by atoms with E-state index in [1.54, 1.807) is 11.0 Å². The highest BCUT2D eigenvalue weighted by molar-refractivity contribution is 5.91. The minimum Gasteiger partial charge on any atom is -0.335 e. The Hall–Kier alpha value is -2.67. The van der Waals surface area contributed by atoms with Crippen LogP contribution in [0.4, 0.5) is 10.5 Å². The van der Waals surface area contributed by atoms with Crippen LogP contribution in [0, 0.1) is 0 Å². The van der Waals surface area contributed by atoms with Crippen molar-refractivity contribution in [2.75, 3.05) is 25.0 Å². The van der Waals surface area contributed by atoms with E-state index in [9.17, 15) is 4.79 Å². The van der Waals surface area contributed by atoms with Gasteiger partial charge < -0.3 is 10.6 Å². The maximum Gasteiger partial charge on any atom is 0.319 e. The number of anilines is 1. The Labute approximate surface area is 147 Å². The van der Waals surface area contributed by atoms with Crippen molar-refractivity contribution in [3.63, 3.8) is 0 Å². The van der Waals surface area contributed by atoms with Crippen molar-refractivity contribution in [1.29, 1.82) is 0 Å². The standard InChI is InChI=1S/C18H24N6O/c1-14(2)11-23-9-7-15(8-10-23)21-18(25)22-16-5-3-4-6-17(16)24-13-19-12-20-24/h3-6,12-13,15H,1,7-11H2,2H3,(H2,21,22,25). The van der Waals surface area contributed by atoms with E-state index in [0.29, 0.717) is 5.69 Å². The minimum absolute atomic E-state index is 0.189.